The zero-order valence-corrected chi connectivity index (χ0v) is 12.7. The van der Waals surface area contributed by atoms with E-state index in [4.69, 9.17) is 11.2 Å². The fourth-order valence-electron chi connectivity index (χ4n) is 1.91. The van der Waals surface area contributed by atoms with Crippen molar-refractivity contribution in [2.45, 2.75) is 58.5 Å². The molecule has 3 nitrogen and oxygen atoms in total. The number of hydrogen-bond donors (Lipinski definition) is 2. The lowest BCUT2D eigenvalue weighted by Gasteiger charge is -2.17. The van der Waals surface area contributed by atoms with E-state index >= 15 is 0 Å². The van der Waals surface area contributed by atoms with Crippen LogP contribution in [0.15, 0.2) is 0 Å². The number of aliphatic hydroxyl groups is 1. The molecule has 0 saturated carbocycles. The van der Waals surface area contributed by atoms with Crippen molar-refractivity contribution < 1.29 is 9.84 Å². The highest BCUT2D eigenvalue weighted by Crippen LogP contribution is 2.12. The number of rotatable bonds is 13. The van der Waals surface area contributed by atoms with E-state index in [0.29, 0.717) is 19.1 Å². The first kappa shape index (κ1) is 18.4. The van der Waals surface area contributed by atoms with Crippen molar-refractivity contribution in [2.24, 2.45) is 5.92 Å². The van der Waals surface area contributed by atoms with Gasteiger partial charge in [0.15, 0.2) is 0 Å². The molecule has 0 aromatic carbocycles. The molecule has 0 radical (unpaired) electrons. The standard InChI is InChI=1S/C16H31NO2/c1-4-7-9-11-17-12-16(18)14-19-13-15(6-3)10-8-5-2/h1,15-18H,5-14H2,2-3H3. The second-order valence-corrected chi connectivity index (χ2v) is 5.12. The first-order chi connectivity index (χ1) is 9.24. The van der Waals surface area contributed by atoms with Gasteiger partial charge in [-0.15, -0.1) is 12.3 Å². The Morgan fingerprint density at radius 1 is 1.26 bits per heavy atom. The summed E-state index contributed by atoms with van der Waals surface area (Å²) in [5.41, 5.74) is 0. The Morgan fingerprint density at radius 2 is 2.05 bits per heavy atom. The van der Waals surface area contributed by atoms with Crippen LogP contribution < -0.4 is 5.32 Å². The SMILES string of the molecule is C#CCCCNCC(O)COCC(CC)CCCC. The Bertz CT molecular complexity index is 225. The maximum absolute atomic E-state index is 9.74. The summed E-state index contributed by atoms with van der Waals surface area (Å²) in [4.78, 5) is 0. The van der Waals surface area contributed by atoms with Crippen LogP contribution in [0.3, 0.4) is 0 Å². The molecule has 19 heavy (non-hydrogen) atoms. The van der Waals surface area contributed by atoms with E-state index in [1.54, 1.807) is 0 Å². The molecule has 0 aliphatic rings. The second-order valence-electron chi connectivity index (χ2n) is 5.12. The van der Waals surface area contributed by atoms with Crippen LogP contribution in [0.1, 0.15) is 52.4 Å². The van der Waals surface area contributed by atoms with Crippen LogP contribution in [0.2, 0.25) is 0 Å². The zero-order valence-electron chi connectivity index (χ0n) is 12.7. The summed E-state index contributed by atoms with van der Waals surface area (Å²) in [6, 6.07) is 0. The number of unbranched alkanes of at least 4 members (excludes halogenated alkanes) is 2. The Kier molecular flexibility index (Phi) is 13.5. The van der Waals surface area contributed by atoms with E-state index in [-0.39, 0.29) is 0 Å². The molecule has 0 aromatic heterocycles. The highest BCUT2D eigenvalue weighted by atomic mass is 16.5. The molecule has 2 N–H and O–H groups in total. The van der Waals surface area contributed by atoms with Crippen molar-refractivity contribution in [1.29, 1.82) is 0 Å². The summed E-state index contributed by atoms with van der Waals surface area (Å²) in [5.74, 6) is 3.23. The molecule has 2 unspecified atom stereocenters. The smallest absolute Gasteiger partial charge is 0.0897 e. The van der Waals surface area contributed by atoms with Crippen molar-refractivity contribution >= 4 is 0 Å². The van der Waals surface area contributed by atoms with Crippen LogP contribution in [-0.2, 0) is 4.74 Å². The molecule has 0 amide bonds. The molecule has 0 spiro atoms. The Labute approximate surface area is 119 Å². The minimum atomic E-state index is -0.422. The highest BCUT2D eigenvalue weighted by molar-refractivity contribution is 4.83. The van der Waals surface area contributed by atoms with Crippen LogP contribution in [0, 0.1) is 18.3 Å². The van der Waals surface area contributed by atoms with E-state index in [9.17, 15) is 5.11 Å². The van der Waals surface area contributed by atoms with Gasteiger partial charge in [-0.3, -0.25) is 0 Å². The molecule has 0 aromatic rings. The third kappa shape index (κ3) is 12.2. The van der Waals surface area contributed by atoms with E-state index in [1.807, 2.05) is 0 Å². The molecular formula is C16H31NO2. The Hall–Kier alpha value is -0.560. The molecule has 112 valence electrons. The zero-order chi connectivity index (χ0) is 14.3. The summed E-state index contributed by atoms with van der Waals surface area (Å²) in [5, 5.41) is 12.9. The topological polar surface area (TPSA) is 41.5 Å². The van der Waals surface area contributed by atoms with Gasteiger partial charge in [-0.1, -0.05) is 33.1 Å². The monoisotopic (exact) mass is 269 g/mol. The first-order valence-electron chi connectivity index (χ1n) is 7.64. The summed E-state index contributed by atoms with van der Waals surface area (Å²) in [6.45, 7) is 7.04. The molecule has 0 bridgehead atoms. The maximum Gasteiger partial charge on any atom is 0.0897 e. The average Bonchev–Trinajstić information content (AvgIpc) is 2.42. The van der Waals surface area contributed by atoms with Crippen LogP contribution in [0.4, 0.5) is 0 Å². The molecule has 0 saturated heterocycles. The summed E-state index contributed by atoms with van der Waals surface area (Å²) < 4.78 is 5.60. The normalized spacial score (nSPS) is 14.0. The third-order valence-corrected chi connectivity index (χ3v) is 3.26. The summed E-state index contributed by atoms with van der Waals surface area (Å²) >= 11 is 0. The van der Waals surface area contributed by atoms with Gasteiger partial charge in [0.25, 0.3) is 0 Å². The van der Waals surface area contributed by atoms with Crippen molar-refractivity contribution in [3.63, 3.8) is 0 Å². The van der Waals surface area contributed by atoms with Crippen molar-refractivity contribution in [1.82, 2.24) is 5.32 Å². The molecule has 0 rings (SSSR count). The van der Waals surface area contributed by atoms with Crippen LogP contribution in [-0.4, -0.2) is 37.5 Å². The first-order valence-corrected chi connectivity index (χ1v) is 7.64. The van der Waals surface area contributed by atoms with E-state index < -0.39 is 6.10 Å². The van der Waals surface area contributed by atoms with Crippen molar-refractivity contribution in [3.8, 4) is 12.3 Å². The van der Waals surface area contributed by atoms with Gasteiger partial charge in [0.2, 0.25) is 0 Å². The second kappa shape index (κ2) is 13.9. The van der Waals surface area contributed by atoms with Crippen molar-refractivity contribution in [3.05, 3.63) is 0 Å². The summed E-state index contributed by atoms with van der Waals surface area (Å²) in [6.07, 6.45) is 11.4. The van der Waals surface area contributed by atoms with Gasteiger partial charge in [0.1, 0.15) is 0 Å². The average molecular weight is 269 g/mol. The van der Waals surface area contributed by atoms with E-state index in [0.717, 1.165) is 32.4 Å². The Balaban J connectivity index is 3.45. The lowest BCUT2D eigenvalue weighted by molar-refractivity contribution is 0.0194. The van der Waals surface area contributed by atoms with Gasteiger partial charge >= 0.3 is 0 Å². The van der Waals surface area contributed by atoms with Gasteiger partial charge in [-0.2, -0.15) is 0 Å². The predicted molar refractivity (Wildman–Crippen MR) is 81.1 cm³/mol. The molecule has 3 heteroatoms. The van der Waals surface area contributed by atoms with Crippen LogP contribution in [0.5, 0.6) is 0 Å². The molecule has 2 atom stereocenters. The van der Waals surface area contributed by atoms with Gasteiger partial charge < -0.3 is 15.2 Å². The minimum absolute atomic E-state index is 0.421. The molecule has 0 heterocycles. The fraction of sp³-hybridized carbons (Fsp3) is 0.875. The molecular weight excluding hydrogens is 238 g/mol. The van der Waals surface area contributed by atoms with Gasteiger partial charge in [-0.05, 0) is 25.3 Å². The third-order valence-electron chi connectivity index (χ3n) is 3.26. The quantitative estimate of drug-likeness (QED) is 0.399. The molecule has 0 aliphatic carbocycles. The molecule has 0 fully saturated rings. The van der Waals surface area contributed by atoms with E-state index in [1.165, 1.54) is 19.3 Å². The minimum Gasteiger partial charge on any atom is -0.389 e. The largest absolute Gasteiger partial charge is 0.389 e. The van der Waals surface area contributed by atoms with E-state index in [2.05, 4.69) is 25.1 Å². The number of nitrogens with one attached hydrogen (secondary N) is 1. The maximum atomic E-state index is 9.74. The van der Waals surface area contributed by atoms with Crippen molar-refractivity contribution in [2.75, 3.05) is 26.3 Å². The number of aliphatic hydroxyl groups excluding tert-OH is 1. The predicted octanol–water partition coefficient (Wildman–Crippen LogP) is 2.58. The summed E-state index contributed by atoms with van der Waals surface area (Å²) in [7, 11) is 0. The van der Waals surface area contributed by atoms with Gasteiger partial charge in [0, 0.05) is 19.6 Å². The van der Waals surface area contributed by atoms with Gasteiger partial charge in [-0.25, -0.2) is 0 Å². The van der Waals surface area contributed by atoms with Crippen LogP contribution in [0.25, 0.3) is 0 Å². The number of ether oxygens (including phenoxy) is 1. The fourth-order valence-corrected chi connectivity index (χ4v) is 1.91. The Morgan fingerprint density at radius 3 is 2.68 bits per heavy atom. The number of hydrogen-bond acceptors (Lipinski definition) is 3. The van der Waals surface area contributed by atoms with Crippen LogP contribution >= 0.6 is 0 Å². The highest BCUT2D eigenvalue weighted by Gasteiger charge is 2.08. The number of terminal acetylenes is 1. The lowest BCUT2D eigenvalue weighted by Crippen LogP contribution is -2.31. The lowest BCUT2D eigenvalue weighted by atomic mass is 10.0. The molecule has 0 aliphatic heterocycles. The van der Waals surface area contributed by atoms with Gasteiger partial charge in [0.05, 0.1) is 12.7 Å².